The number of amides is 1. The molecule has 0 bridgehead atoms. The molecule has 0 saturated heterocycles. The van der Waals surface area contributed by atoms with E-state index in [1.165, 1.54) is 6.07 Å². The first-order valence-corrected chi connectivity index (χ1v) is 12.8. The number of hydrogen-bond donors (Lipinski definition) is 3. The van der Waals surface area contributed by atoms with Gasteiger partial charge in [-0.3, -0.25) is 19.9 Å². The number of hydrogen-bond acceptors (Lipinski definition) is 6. The summed E-state index contributed by atoms with van der Waals surface area (Å²) in [5, 5.41) is 10.7. The SMILES string of the molecule is O=C(Nc1cncc(-c2cc(F)c3[nH]nc(-c4nc5c(-c6ccncc6)ccnc5[nH]4)c3c2)c1)C1CCCC1. The van der Waals surface area contributed by atoms with Gasteiger partial charge in [-0.15, -0.1) is 0 Å². The molecule has 5 heterocycles. The molecule has 1 fully saturated rings. The predicted molar refractivity (Wildman–Crippen MR) is 146 cm³/mol. The van der Waals surface area contributed by atoms with Gasteiger partial charge in [0.05, 0.1) is 11.9 Å². The van der Waals surface area contributed by atoms with Gasteiger partial charge < -0.3 is 10.3 Å². The summed E-state index contributed by atoms with van der Waals surface area (Å²) >= 11 is 0. The molecule has 1 aromatic carbocycles. The standard InChI is InChI=1S/C29H23FN8O/c30-23-13-18(19-11-20(15-32-14-19)34-29(39)17-3-1-2-4-17)12-22-24(23)37-38-26(22)28-35-25-21(7-10-33-27(25)36-28)16-5-8-31-9-6-16/h5-15,17H,1-4H2,(H,34,39)(H,37,38)(H,33,35,36). The summed E-state index contributed by atoms with van der Waals surface area (Å²) < 4.78 is 15.3. The third kappa shape index (κ3) is 4.19. The van der Waals surface area contributed by atoms with Crippen molar-refractivity contribution in [3.63, 3.8) is 0 Å². The van der Waals surface area contributed by atoms with Crippen LogP contribution in [0, 0.1) is 11.7 Å². The molecule has 5 aromatic heterocycles. The predicted octanol–water partition coefficient (Wildman–Crippen LogP) is 5.89. The van der Waals surface area contributed by atoms with Gasteiger partial charge in [-0.2, -0.15) is 5.10 Å². The lowest BCUT2D eigenvalue weighted by Crippen LogP contribution is -2.20. The van der Waals surface area contributed by atoms with Gasteiger partial charge >= 0.3 is 0 Å². The number of rotatable bonds is 5. The first kappa shape index (κ1) is 23.2. The number of anilines is 1. The van der Waals surface area contributed by atoms with E-state index in [0.29, 0.717) is 44.9 Å². The number of nitrogens with zero attached hydrogens (tertiary/aromatic N) is 5. The number of imidazole rings is 1. The second-order valence-corrected chi connectivity index (χ2v) is 9.76. The minimum Gasteiger partial charge on any atom is -0.324 e. The molecular weight excluding hydrogens is 495 g/mol. The highest BCUT2D eigenvalue weighted by molar-refractivity contribution is 5.98. The monoisotopic (exact) mass is 518 g/mol. The number of pyridine rings is 3. The van der Waals surface area contributed by atoms with Crippen LogP contribution in [-0.4, -0.2) is 41.0 Å². The minimum absolute atomic E-state index is 0.00911. The number of H-pyrrole nitrogens is 2. The molecule has 3 N–H and O–H groups in total. The van der Waals surface area contributed by atoms with E-state index in [0.717, 1.165) is 36.8 Å². The van der Waals surface area contributed by atoms with E-state index in [1.54, 1.807) is 31.0 Å². The number of benzene rings is 1. The Kier molecular flexibility index (Phi) is 5.58. The van der Waals surface area contributed by atoms with E-state index in [4.69, 9.17) is 4.98 Å². The minimum atomic E-state index is -0.451. The Bertz CT molecular complexity index is 1840. The molecule has 1 aliphatic carbocycles. The fourth-order valence-electron chi connectivity index (χ4n) is 5.31. The molecule has 0 spiro atoms. The second-order valence-electron chi connectivity index (χ2n) is 9.76. The van der Waals surface area contributed by atoms with E-state index in [-0.39, 0.29) is 17.3 Å². The van der Waals surface area contributed by atoms with E-state index in [2.05, 4.69) is 35.5 Å². The number of halogens is 1. The smallest absolute Gasteiger partial charge is 0.227 e. The molecule has 192 valence electrons. The number of nitrogens with one attached hydrogen (secondary N) is 3. The molecule has 0 unspecified atom stereocenters. The van der Waals surface area contributed by atoms with Crippen molar-refractivity contribution < 1.29 is 9.18 Å². The van der Waals surface area contributed by atoms with Crippen LogP contribution in [0.4, 0.5) is 10.1 Å². The highest BCUT2D eigenvalue weighted by Gasteiger charge is 2.23. The lowest BCUT2D eigenvalue weighted by molar-refractivity contribution is -0.119. The summed E-state index contributed by atoms with van der Waals surface area (Å²) in [5.74, 6) is 0.0639. The molecule has 1 aliphatic rings. The van der Waals surface area contributed by atoms with Crippen LogP contribution in [0.25, 0.3) is 55.8 Å². The van der Waals surface area contributed by atoms with Crippen molar-refractivity contribution in [2.45, 2.75) is 25.7 Å². The molecule has 0 aliphatic heterocycles. The van der Waals surface area contributed by atoms with Crippen LogP contribution in [-0.2, 0) is 4.79 Å². The molecule has 39 heavy (non-hydrogen) atoms. The fraction of sp³-hybridized carbons (Fsp3) is 0.172. The number of aromatic nitrogens is 7. The second kappa shape index (κ2) is 9.39. The highest BCUT2D eigenvalue weighted by atomic mass is 19.1. The number of carbonyl (C=O) groups excluding carboxylic acids is 1. The van der Waals surface area contributed by atoms with Crippen LogP contribution in [0.2, 0.25) is 0 Å². The first-order valence-electron chi connectivity index (χ1n) is 12.8. The van der Waals surface area contributed by atoms with Crippen molar-refractivity contribution in [2.75, 3.05) is 5.32 Å². The molecule has 0 radical (unpaired) electrons. The Balaban J connectivity index is 1.27. The maximum atomic E-state index is 15.3. The lowest BCUT2D eigenvalue weighted by atomic mass is 10.0. The van der Waals surface area contributed by atoms with Crippen molar-refractivity contribution in [3.05, 3.63) is 73.2 Å². The fourth-order valence-corrected chi connectivity index (χ4v) is 5.31. The average molecular weight is 519 g/mol. The Labute approximate surface area is 222 Å². The highest BCUT2D eigenvalue weighted by Crippen LogP contribution is 2.34. The van der Waals surface area contributed by atoms with E-state index < -0.39 is 5.82 Å². The van der Waals surface area contributed by atoms with Crippen LogP contribution < -0.4 is 5.32 Å². The van der Waals surface area contributed by atoms with Crippen molar-refractivity contribution in [1.82, 2.24) is 35.1 Å². The van der Waals surface area contributed by atoms with E-state index in [9.17, 15) is 4.79 Å². The van der Waals surface area contributed by atoms with Gasteiger partial charge in [-0.1, -0.05) is 12.8 Å². The van der Waals surface area contributed by atoms with Crippen LogP contribution >= 0.6 is 0 Å². The molecule has 1 saturated carbocycles. The molecule has 9 nitrogen and oxygen atoms in total. The first-order chi connectivity index (χ1) is 19.1. The average Bonchev–Trinajstić information content (AvgIpc) is 3.73. The van der Waals surface area contributed by atoms with Crippen LogP contribution in [0.3, 0.4) is 0 Å². The summed E-state index contributed by atoms with van der Waals surface area (Å²) in [6.07, 6.45) is 12.4. The van der Waals surface area contributed by atoms with Gasteiger partial charge in [-0.05, 0) is 60.4 Å². The van der Waals surface area contributed by atoms with Gasteiger partial charge in [0.25, 0.3) is 0 Å². The van der Waals surface area contributed by atoms with Crippen molar-refractivity contribution in [1.29, 1.82) is 0 Å². The normalized spacial score (nSPS) is 13.9. The van der Waals surface area contributed by atoms with E-state index >= 15 is 4.39 Å². The zero-order valence-electron chi connectivity index (χ0n) is 20.8. The molecule has 0 atom stereocenters. The zero-order valence-corrected chi connectivity index (χ0v) is 20.8. The summed E-state index contributed by atoms with van der Waals surface area (Å²) in [6, 6.07) is 10.8. The van der Waals surface area contributed by atoms with Crippen LogP contribution in [0.15, 0.2) is 67.4 Å². The molecule has 6 aromatic rings. The number of fused-ring (bicyclic) bond motifs is 2. The molecule has 1 amide bonds. The summed E-state index contributed by atoms with van der Waals surface area (Å²) in [5.41, 5.74) is 5.77. The number of carbonyl (C=O) groups is 1. The van der Waals surface area contributed by atoms with Gasteiger partial charge in [0.2, 0.25) is 5.91 Å². The summed E-state index contributed by atoms with van der Waals surface area (Å²) in [6.45, 7) is 0. The molecule has 7 rings (SSSR count). The van der Waals surface area contributed by atoms with Gasteiger partial charge in [0.1, 0.15) is 22.5 Å². The van der Waals surface area contributed by atoms with Gasteiger partial charge in [0.15, 0.2) is 11.5 Å². The third-order valence-electron chi connectivity index (χ3n) is 7.29. The largest absolute Gasteiger partial charge is 0.324 e. The maximum absolute atomic E-state index is 15.3. The Morgan fingerprint density at radius 2 is 1.79 bits per heavy atom. The third-order valence-corrected chi connectivity index (χ3v) is 7.29. The van der Waals surface area contributed by atoms with Crippen molar-refractivity contribution in [3.8, 4) is 33.8 Å². The lowest BCUT2D eigenvalue weighted by Gasteiger charge is -2.11. The molecule has 10 heteroatoms. The topological polar surface area (TPSA) is 125 Å². The molecular formula is C29H23FN8O. The van der Waals surface area contributed by atoms with Gasteiger partial charge in [-0.25, -0.2) is 14.4 Å². The Hall–Kier alpha value is -4.99. The van der Waals surface area contributed by atoms with E-state index in [1.807, 2.05) is 30.3 Å². The summed E-state index contributed by atoms with van der Waals surface area (Å²) in [7, 11) is 0. The van der Waals surface area contributed by atoms with Crippen molar-refractivity contribution in [2.24, 2.45) is 5.92 Å². The van der Waals surface area contributed by atoms with Crippen LogP contribution in [0.1, 0.15) is 25.7 Å². The van der Waals surface area contributed by atoms with Gasteiger partial charge in [0, 0.05) is 47.2 Å². The quantitative estimate of drug-likeness (QED) is 0.261. The maximum Gasteiger partial charge on any atom is 0.227 e. The Morgan fingerprint density at radius 3 is 2.64 bits per heavy atom. The summed E-state index contributed by atoms with van der Waals surface area (Å²) in [4.78, 5) is 33.5. The Morgan fingerprint density at radius 1 is 0.949 bits per heavy atom. The zero-order chi connectivity index (χ0) is 26.3. The number of aromatic amines is 2. The van der Waals surface area contributed by atoms with Crippen molar-refractivity contribution >= 4 is 33.7 Å². The van der Waals surface area contributed by atoms with Crippen LogP contribution in [0.5, 0.6) is 0 Å².